The van der Waals surface area contributed by atoms with Crippen LogP contribution in [0.1, 0.15) is 31.2 Å². The van der Waals surface area contributed by atoms with Gasteiger partial charge in [0.25, 0.3) is 0 Å². The molecule has 0 N–H and O–H groups in total. The van der Waals surface area contributed by atoms with Gasteiger partial charge in [0.1, 0.15) is 6.29 Å². The van der Waals surface area contributed by atoms with Gasteiger partial charge in [-0.1, -0.05) is 11.6 Å². The fourth-order valence-corrected chi connectivity index (χ4v) is 4.10. The minimum absolute atomic E-state index is 0.218. The fourth-order valence-electron chi connectivity index (χ4n) is 3.93. The van der Waals surface area contributed by atoms with Gasteiger partial charge in [0.05, 0.1) is 17.0 Å². The molecular weight excluding hydrogens is 317 g/mol. The lowest BCUT2D eigenvalue weighted by Gasteiger charge is -2.44. The van der Waals surface area contributed by atoms with Crippen molar-refractivity contribution >= 4 is 17.9 Å². The minimum atomic E-state index is -4.21. The number of rotatable bonds is 3. The quantitative estimate of drug-likeness (QED) is 0.796. The summed E-state index contributed by atoms with van der Waals surface area (Å²) in [4.78, 5) is 17.3. The van der Waals surface area contributed by atoms with E-state index >= 15 is 0 Å². The van der Waals surface area contributed by atoms with Crippen LogP contribution in [0.3, 0.4) is 0 Å². The highest BCUT2D eigenvalue weighted by Crippen LogP contribution is 2.47. The molecule has 0 saturated carbocycles. The number of aromatic nitrogens is 1. The van der Waals surface area contributed by atoms with Crippen molar-refractivity contribution < 1.29 is 18.0 Å². The second kappa shape index (κ2) is 5.49. The zero-order valence-corrected chi connectivity index (χ0v) is 12.6. The van der Waals surface area contributed by atoms with Crippen LogP contribution in [0.2, 0.25) is 5.02 Å². The smallest absolute Gasteiger partial charge is 0.302 e. The number of piperidine rings is 1. The van der Waals surface area contributed by atoms with E-state index in [1.54, 1.807) is 12.3 Å². The van der Waals surface area contributed by atoms with Crippen LogP contribution in [0.5, 0.6) is 0 Å². The van der Waals surface area contributed by atoms with Gasteiger partial charge in [-0.3, -0.25) is 9.88 Å². The van der Waals surface area contributed by atoms with Crippen molar-refractivity contribution in [2.24, 2.45) is 0 Å². The molecule has 0 aliphatic carbocycles. The second-order valence-corrected chi connectivity index (χ2v) is 6.68. The molecule has 2 aliphatic rings. The standard InChI is InChI=1S/C15H16ClF3N2O/c16-11-3-10(6-20-7-11)14(9-22)4-12-1-2-13(5-14)21(12)8-15(17,18)19/h3,6-7,9,12-13H,1-2,4-5,8H2/t12-,13+,14?. The largest absolute Gasteiger partial charge is 0.401 e. The third-order valence-corrected chi connectivity index (χ3v) is 5.04. The van der Waals surface area contributed by atoms with E-state index in [4.69, 9.17) is 11.6 Å². The van der Waals surface area contributed by atoms with Crippen LogP contribution in [0.4, 0.5) is 13.2 Å². The Morgan fingerprint density at radius 2 is 1.95 bits per heavy atom. The number of fused-ring (bicyclic) bond motifs is 2. The van der Waals surface area contributed by atoms with Gasteiger partial charge in [-0.05, 0) is 37.3 Å². The Balaban J connectivity index is 1.88. The highest BCUT2D eigenvalue weighted by Gasteiger charge is 2.51. The van der Waals surface area contributed by atoms with Crippen molar-refractivity contribution in [2.75, 3.05) is 6.54 Å². The molecule has 3 rings (SSSR count). The molecule has 0 radical (unpaired) electrons. The van der Waals surface area contributed by atoms with Crippen LogP contribution in [0.15, 0.2) is 18.5 Å². The van der Waals surface area contributed by atoms with Crippen molar-refractivity contribution in [1.82, 2.24) is 9.88 Å². The monoisotopic (exact) mass is 332 g/mol. The van der Waals surface area contributed by atoms with Crippen molar-refractivity contribution in [1.29, 1.82) is 0 Å². The molecule has 1 aromatic rings. The van der Waals surface area contributed by atoms with Gasteiger partial charge in [0, 0.05) is 24.5 Å². The molecule has 1 unspecified atom stereocenters. The average molecular weight is 333 g/mol. The normalized spacial score (nSPS) is 32.2. The summed E-state index contributed by atoms with van der Waals surface area (Å²) >= 11 is 5.95. The van der Waals surface area contributed by atoms with E-state index in [1.165, 1.54) is 11.1 Å². The third-order valence-electron chi connectivity index (χ3n) is 4.84. The van der Waals surface area contributed by atoms with Gasteiger partial charge in [0.2, 0.25) is 0 Å². The lowest BCUT2D eigenvalue weighted by molar-refractivity contribution is -0.157. The highest BCUT2D eigenvalue weighted by molar-refractivity contribution is 6.30. The molecule has 0 spiro atoms. The number of hydrogen-bond acceptors (Lipinski definition) is 3. The number of carbonyl (C=O) groups excluding carboxylic acids is 1. The predicted octanol–water partition coefficient (Wildman–Crippen LogP) is 3.36. The number of pyridine rings is 1. The van der Waals surface area contributed by atoms with E-state index < -0.39 is 18.1 Å². The van der Waals surface area contributed by atoms with Gasteiger partial charge in [-0.15, -0.1) is 0 Å². The first-order chi connectivity index (χ1) is 10.3. The summed E-state index contributed by atoms with van der Waals surface area (Å²) in [5, 5.41) is 0.434. The predicted molar refractivity (Wildman–Crippen MR) is 75.8 cm³/mol. The molecular formula is C15H16ClF3N2O. The van der Waals surface area contributed by atoms with Crippen LogP contribution in [-0.4, -0.2) is 41.0 Å². The Morgan fingerprint density at radius 3 is 2.45 bits per heavy atom. The summed E-state index contributed by atoms with van der Waals surface area (Å²) in [6.07, 6.45) is 1.93. The highest BCUT2D eigenvalue weighted by atomic mass is 35.5. The maximum absolute atomic E-state index is 12.7. The SMILES string of the molecule is O=CC1(c2cncc(Cl)c2)C[C@H]2CC[C@@H](C1)N2CC(F)(F)F. The maximum Gasteiger partial charge on any atom is 0.401 e. The molecule has 0 aromatic carbocycles. The van der Waals surface area contributed by atoms with E-state index in [1.807, 2.05) is 0 Å². The van der Waals surface area contributed by atoms with E-state index in [2.05, 4.69) is 4.98 Å². The van der Waals surface area contributed by atoms with E-state index in [-0.39, 0.29) is 12.1 Å². The third kappa shape index (κ3) is 2.86. The Hall–Kier alpha value is -1.14. The van der Waals surface area contributed by atoms with E-state index in [0.29, 0.717) is 36.3 Å². The number of carbonyl (C=O) groups is 1. The zero-order valence-electron chi connectivity index (χ0n) is 11.8. The van der Waals surface area contributed by atoms with Gasteiger partial charge in [-0.2, -0.15) is 13.2 Å². The van der Waals surface area contributed by atoms with Crippen molar-refractivity contribution in [3.63, 3.8) is 0 Å². The average Bonchev–Trinajstić information content (AvgIpc) is 2.69. The molecule has 1 aromatic heterocycles. The summed E-state index contributed by atoms with van der Waals surface area (Å²) in [7, 11) is 0. The Morgan fingerprint density at radius 1 is 1.32 bits per heavy atom. The summed E-state index contributed by atoms with van der Waals surface area (Å²) < 4.78 is 38.2. The molecule has 120 valence electrons. The van der Waals surface area contributed by atoms with Crippen LogP contribution >= 0.6 is 11.6 Å². The first-order valence-electron chi connectivity index (χ1n) is 7.23. The molecule has 0 amide bonds. The summed E-state index contributed by atoms with van der Waals surface area (Å²) in [5.41, 5.74) is -0.0650. The Kier molecular flexibility index (Phi) is 3.93. The topological polar surface area (TPSA) is 33.2 Å². The number of nitrogens with zero attached hydrogens (tertiary/aromatic N) is 2. The zero-order chi connectivity index (χ0) is 16.0. The lowest BCUT2D eigenvalue weighted by atomic mass is 9.71. The molecule has 22 heavy (non-hydrogen) atoms. The van der Waals surface area contributed by atoms with Gasteiger partial charge >= 0.3 is 6.18 Å². The first-order valence-corrected chi connectivity index (χ1v) is 7.61. The lowest BCUT2D eigenvalue weighted by Crippen LogP contribution is -2.52. The summed E-state index contributed by atoms with van der Waals surface area (Å²) in [6, 6.07) is 1.26. The van der Waals surface area contributed by atoms with E-state index in [9.17, 15) is 18.0 Å². The maximum atomic E-state index is 12.7. The van der Waals surface area contributed by atoms with E-state index in [0.717, 1.165) is 6.29 Å². The van der Waals surface area contributed by atoms with Crippen LogP contribution in [0.25, 0.3) is 0 Å². The number of alkyl halides is 3. The second-order valence-electron chi connectivity index (χ2n) is 6.25. The summed E-state index contributed by atoms with van der Waals surface area (Å²) in [6.45, 7) is -0.898. The van der Waals surface area contributed by atoms with Crippen LogP contribution in [-0.2, 0) is 10.2 Å². The minimum Gasteiger partial charge on any atom is -0.302 e. The fraction of sp³-hybridized carbons (Fsp3) is 0.600. The molecule has 3 nitrogen and oxygen atoms in total. The van der Waals surface area contributed by atoms with Gasteiger partial charge in [-0.25, -0.2) is 0 Å². The molecule has 3 heterocycles. The number of aldehydes is 1. The van der Waals surface area contributed by atoms with Gasteiger partial charge < -0.3 is 4.79 Å². The molecule has 2 fully saturated rings. The molecule has 7 heteroatoms. The number of halogens is 4. The van der Waals surface area contributed by atoms with Crippen molar-refractivity contribution in [3.05, 3.63) is 29.0 Å². The Labute approximate surface area is 131 Å². The van der Waals surface area contributed by atoms with Crippen molar-refractivity contribution in [3.8, 4) is 0 Å². The Bertz CT molecular complexity index is 564. The van der Waals surface area contributed by atoms with Crippen LogP contribution < -0.4 is 0 Å². The molecule has 3 atom stereocenters. The molecule has 2 aliphatic heterocycles. The molecule has 2 saturated heterocycles. The van der Waals surface area contributed by atoms with Crippen LogP contribution in [0, 0.1) is 0 Å². The molecule has 2 bridgehead atoms. The summed E-state index contributed by atoms with van der Waals surface area (Å²) in [5.74, 6) is 0. The van der Waals surface area contributed by atoms with Crippen molar-refractivity contribution in [2.45, 2.75) is 49.4 Å². The first kappa shape index (κ1) is 15.7. The van der Waals surface area contributed by atoms with Gasteiger partial charge in [0.15, 0.2) is 0 Å². The number of hydrogen-bond donors (Lipinski definition) is 0.